The average molecular weight is 277 g/mol. The number of hydrogen-bond donors (Lipinski definition) is 2. The van der Waals surface area contributed by atoms with E-state index in [2.05, 4.69) is 20.3 Å². The molecule has 1 aromatic carbocycles. The highest BCUT2D eigenvalue weighted by Crippen LogP contribution is 2.22. The van der Waals surface area contributed by atoms with E-state index in [0.717, 1.165) is 6.07 Å². The molecule has 6 nitrogen and oxygen atoms in total. The van der Waals surface area contributed by atoms with E-state index < -0.39 is 11.6 Å². The fourth-order valence-corrected chi connectivity index (χ4v) is 1.80. The molecule has 0 amide bonds. The summed E-state index contributed by atoms with van der Waals surface area (Å²) in [6.07, 6.45) is 1.60. The van der Waals surface area contributed by atoms with E-state index in [-0.39, 0.29) is 12.3 Å². The van der Waals surface area contributed by atoms with Crippen LogP contribution in [0.1, 0.15) is 11.4 Å². The molecule has 0 radical (unpaired) electrons. The number of nitrogens with zero attached hydrogens (tertiary/aromatic N) is 3. The molecule has 2 heterocycles. The van der Waals surface area contributed by atoms with E-state index in [1.54, 1.807) is 0 Å². The molecule has 0 spiro atoms. The van der Waals surface area contributed by atoms with Crippen molar-refractivity contribution in [1.29, 1.82) is 0 Å². The first-order valence-corrected chi connectivity index (χ1v) is 5.68. The lowest BCUT2D eigenvalue weighted by molar-refractivity contribution is 0.424. The maximum Gasteiger partial charge on any atom is 0.263 e. The molecule has 0 bridgehead atoms. The van der Waals surface area contributed by atoms with Crippen molar-refractivity contribution in [2.75, 3.05) is 5.73 Å². The molecule has 2 aromatic heterocycles. The lowest BCUT2D eigenvalue weighted by Crippen LogP contribution is -1.93. The van der Waals surface area contributed by atoms with Gasteiger partial charge < -0.3 is 10.3 Å². The molecule has 3 N–H and O–H groups in total. The summed E-state index contributed by atoms with van der Waals surface area (Å²) in [5, 5.41) is 10.0. The molecule has 3 rings (SSSR count). The van der Waals surface area contributed by atoms with Gasteiger partial charge >= 0.3 is 0 Å². The van der Waals surface area contributed by atoms with Crippen molar-refractivity contribution < 1.29 is 13.3 Å². The van der Waals surface area contributed by atoms with Gasteiger partial charge in [0.2, 0.25) is 0 Å². The largest absolute Gasteiger partial charge is 0.383 e. The van der Waals surface area contributed by atoms with Crippen LogP contribution in [0.25, 0.3) is 11.5 Å². The van der Waals surface area contributed by atoms with E-state index >= 15 is 0 Å². The van der Waals surface area contributed by atoms with Crippen LogP contribution in [0.5, 0.6) is 0 Å². The third-order valence-electron chi connectivity index (χ3n) is 2.65. The number of nitrogens with one attached hydrogen (secondary N) is 1. The second kappa shape index (κ2) is 4.72. The maximum atomic E-state index is 13.1. The lowest BCUT2D eigenvalue weighted by atomic mass is 10.1. The number of halogens is 2. The number of H-pyrrole nitrogens is 1. The number of aromatic amines is 1. The summed E-state index contributed by atoms with van der Waals surface area (Å²) in [6, 6.07) is 3.23. The van der Waals surface area contributed by atoms with Crippen LogP contribution in [0.3, 0.4) is 0 Å². The van der Waals surface area contributed by atoms with Gasteiger partial charge in [0.05, 0.1) is 6.20 Å². The quantitative estimate of drug-likeness (QED) is 0.762. The van der Waals surface area contributed by atoms with E-state index in [1.807, 2.05) is 0 Å². The molecule has 3 aromatic rings. The number of aromatic nitrogens is 4. The summed E-state index contributed by atoms with van der Waals surface area (Å²) in [5.41, 5.74) is 6.52. The lowest BCUT2D eigenvalue weighted by Gasteiger charge is -1.97. The molecular weight excluding hydrogens is 268 g/mol. The number of benzene rings is 1. The Labute approximate surface area is 111 Å². The third-order valence-corrected chi connectivity index (χ3v) is 2.65. The molecule has 0 saturated carbocycles. The molecule has 20 heavy (non-hydrogen) atoms. The molecule has 0 aliphatic carbocycles. The van der Waals surface area contributed by atoms with Crippen molar-refractivity contribution in [3.63, 3.8) is 0 Å². The molecule has 0 unspecified atom stereocenters. The molecule has 0 atom stereocenters. The Kier molecular flexibility index (Phi) is 2.90. The van der Waals surface area contributed by atoms with Gasteiger partial charge in [-0.25, -0.2) is 8.78 Å². The Bertz CT molecular complexity index is 732. The van der Waals surface area contributed by atoms with Crippen LogP contribution >= 0.6 is 0 Å². The maximum absolute atomic E-state index is 13.1. The van der Waals surface area contributed by atoms with E-state index in [1.165, 1.54) is 18.3 Å². The number of nitrogens with two attached hydrogens (primary N) is 1. The second-order valence-corrected chi connectivity index (χ2v) is 4.17. The minimum Gasteiger partial charge on any atom is -0.383 e. The molecule has 8 heteroatoms. The number of hydrogen-bond acceptors (Lipinski definition) is 5. The van der Waals surface area contributed by atoms with Crippen molar-refractivity contribution in [3.05, 3.63) is 47.4 Å². The zero-order valence-electron chi connectivity index (χ0n) is 10.1. The number of anilines is 1. The van der Waals surface area contributed by atoms with Crippen molar-refractivity contribution in [3.8, 4) is 11.5 Å². The van der Waals surface area contributed by atoms with Crippen LogP contribution in [-0.2, 0) is 6.42 Å². The predicted molar refractivity (Wildman–Crippen MR) is 65.5 cm³/mol. The number of rotatable bonds is 3. The fourth-order valence-electron chi connectivity index (χ4n) is 1.80. The van der Waals surface area contributed by atoms with Crippen molar-refractivity contribution in [2.45, 2.75) is 6.42 Å². The van der Waals surface area contributed by atoms with Gasteiger partial charge in [-0.3, -0.25) is 5.10 Å². The molecular formula is C12H9F2N5O. The molecule has 0 saturated heterocycles. The van der Waals surface area contributed by atoms with E-state index in [0.29, 0.717) is 22.8 Å². The van der Waals surface area contributed by atoms with Crippen molar-refractivity contribution >= 4 is 5.82 Å². The minimum atomic E-state index is -0.650. The smallest absolute Gasteiger partial charge is 0.263 e. The monoisotopic (exact) mass is 277 g/mol. The highest BCUT2D eigenvalue weighted by Gasteiger charge is 2.14. The number of nitrogen functional groups attached to an aromatic ring is 1. The Morgan fingerprint density at radius 2 is 1.95 bits per heavy atom. The first kappa shape index (κ1) is 12.3. The zero-order valence-corrected chi connectivity index (χ0v) is 10.1. The summed E-state index contributed by atoms with van der Waals surface area (Å²) in [4.78, 5) is 4.11. The Morgan fingerprint density at radius 3 is 2.60 bits per heavy atom. The van der Waals surface area contributed by atoms with E-state index in [9.17, 15) is 8.78 Å². The van der Waals surface area contributed by atoms with Crippen LogP contribution in [0.2, 0.25) is 0 Å². The average Bonchev–Trinajstić information content (AvgIpc) is 2.96. The third kappa shape index (κ3) is 2.35. The van der Waals surface area contributed by atoms with Crippen molar-refractivity contribution in [2.24, 2.45) is 0 Å². The zero-order chi connectivity index (χ0) is 14.1. The summed E-state index contributed by atoms with van der Waals surface area (Å²) in [5.74, 6) is -0.503. The van der Waals surface area contributed by atoms with Gasteiger partial charge in [-0.1, -0.05) is 5.16 Å². The molecule has 0 fully saturated rings. The van der Waals surface area contributed by atoms with Crippen LogP contribution in [-0.4, -0.2) is 20.3 Å². The van der Waals surface area contributed by atoms with Crippen molar-refractivity contribution in [1.82, 2.24) is 20.3 Å². The summed E-state index contributed by atoms with van der Waals surface area (Å²) < 4.78 is 31.2. The van der Waals surface area contributed by atoms with Crippen LogP contribution in [0, 0.1) is 11.6 Å². The summed E-state index contributed by atoms with van der Waals surface area (Å²) >= 11 is 0. The van der Waals surface area contributed by atoms with Gasteiger partial charge in [0.15, 0.2) is 5.82 Å². The molecule has 0 aliphatic heterocycles. The predicted octanol–water partition coefficient (Wildman–Crippen LogP) is 1.91. The van der Waals surface area contributed by atoms with Crippen LogP contribution in [0.4, 0.5) is 14.6 Å². The Balaban J connectivity index is 1.86. The van der Waals surface area contributed by atoms with Gasteiger partial charge in [-0.2, -0.15) is 10.1 Å². The second-order valence-electron chi connectivity index (χ2n) is 4.17. The Hall–Kier alpha value is -2.77. The normalized spacial score (nSPS) is 10.9. The van der Waals surface area contributed by atoms with Gasteiger partial charge in [0.1, 0.15) is 23.0 Å². The SMILES string of the molecule is Nc1[nH]ncc1-c1nc(Cc2cc(F)cc(F)c2)no1. The topological polar surface area (TPSA) is 93.6 Å². The standard InChI is InChI=1S/C12H9F2N5O/c13-7-1-6(2-8(14)4-7)3-10-17-12(20-19-10)9-5-16-18-11(9)15/h1-2,4-5H,3H2,(H3,15,16,18). The van der Waals surface area contributed by atoms with Crippen LogP contribution in [0.15, 0.2) is 28.9 Å². The molecule has 102 valence electrons. The molecule has 0 aliphatic rings. The van der Waals surface area contributed by atoms with Gasteiger partial charge in [0.25, 0.3) is 5.89 Å². The first-order chi connectivity index (χ1) is 9.61. The van der Waals surface area contributed by atoms with Gasteiger partial charge in [0, 0.05) is 12.5 Å². The van der Waals surface area contributed by atoms with E-state index in [4.69, 9.17) is 10.3 Å². The van der Waals surface area contributed by atoms with Gasteiger partial charge in [-0.15, -0.1) is 0 Å². The highest BCUT2D eigenvalue weighted by atomic mass is 19.1. The summed E-state index contributed by atoms with van der Waals surface area (Å²) in [7, 11) is 0. The van der Waals surface area contributed by atoms with Gasteiger partial charge in [-0.05, 0) is 17.7 Å². The highest BCUT2D eigenvalue weighted by molar-refractivity contribution is 5.65. The fraction of sp³-hybridized carbons (Fsp3) is 0.0833. The Morgan fingerprint density at radius 1 is 1.20 bits per heavy atom. The minimum absolute atomic E-state index is 0.149. The van der Waals surface area contributed by atoms with Crippen LogP contribution < -0.4 is 5.73 Å². The summed E-state index contributed by atoms with van der Waals surface area (Å²) in [6.45, 7) is 0. The first-order valence-electron chi connectivity index (χ1n) is 5.68.